The molecule has 8 nitrogen and oxygen atoms in total. The lowest BCUT2D eigenvalue weighted by Crippen LogP contribution is -2.48. The van der Waals surface area contributed by atoms with Gasteiger partial charge in [0.1, 0.15) is 24.2 Å². The fraction of sp³-hybridized carbons (Fsp3) is 0.333. The minimum absolute atomic E-state index is 0.218. The minimum Gasteiger partial charge on any atom is -0.491 e. The number of ether oxygens (including phenoxy) is 2. The highest BCUT2D eigenvalue weighted by molar-refractivity contribution is 6.32. The molecule has 0 aliphatic carbocycles. The summed E-state index contributed by atoms with van der Waals surface area (Å²) in [5.41, 5.74) is 0.768. The van der Waals surface area contributed by atoms with Crippen molar-refractivity contribution in [1.82, 2.24) is 15.5 Å². The Morgan fingerprint density at radius 3 is 2.77 bits per heavy atom. The van der Waals surface area contributed by atoms with Crippen LogP contribution in [0.25, 0.3) is 0 Å². The highest BCUT2D eigenvalue weighted by Crippen LogP contribution is 2.28. The van der Waals surface area contributed by atoms with Gasteiger partial charge in [-0.1, -0.05) is 23.7 Å². The molecule has 1 aromatic heterocycles. The maximum Gasteiger partial charge on any atom is 0.338 e. The minimum atomic E-state index is -0.726. The molecular weight excluding hydrogens is 410 g/mol. The van der Waals surface area contributed by atoms with E-state index in [4.69, 9.17) is 25.5 Å². The summed E-state index contributed by atoms with van der Waals surface area (Å²) >= 11 is 6.10. The molecule has 2 amide bonds. The van der Waals surface area contributed by atoms with Gasteiger partial charge in [0.15, 0.2) is 0 Å². The Bertz CT molecular complexity index is 913. The average molecular weight is 434 g/mol. The van der Waals surface area contributed by atoms with Crippen LogP contribution in [-0.4, -0.2) is 50.3 Å². The zero-order chi connectivity index (χ0) is 21.5. The number of benzene rings is 1. The summed E-state index contributed by atoms with van der Waals surface area (Å²) in [6.07, 6.45) is 1.49. The average Bonchev–Trinajstić information content (AvgIpc) is 3.24. The van der Waals surface area contributed by atoms with Gasteiger partial charge >= 0.3 is 12.0 Å². The van der Waals surface area contributed by atoms with E-state index >= 15 is 0 Å². The van der Waals surface area contributed by atoms with Crippen LogP contribution in [0.4, 0.5) is 4.79 Å². The molecule has 1 unspecified atom stereocenters. The first kappa shape index (κ1) is 21.7. The van der Waals surface area contributed by atoms with Crippen LogP contribution >= 0.6 is 11.6 Å². The second-order valence-corrected chi connectivity index (χ2v) is 7.08. The van der Waals surface area contributed by atoms with Crippen LogP contribution in [0.2, 0.25) is 5.02 Å². The monoisotopic (exact) mass is 433 g/mol. The number of carbonyl (C=O) groups is 2. The van der Waals surface area contributed by atoms with Crippen LogP contribution in [0.15, 0.2) is 58.3 Å². The number of furan rings is 1. The van der Waals surface area contributed by atoms with E-state index in [-0.39, 0.29) is 6.61 Å². The van der Waals surface area contributed by atoms with Crippen LogP contribution in [0.5, 0.6) is 5.75 Å². The normalized spacial score (nSPS) is 16.3. The highest BCUT2D eigenvalue weighted by atomic mass is 35.5. The molecule has 0 fully saturated rings. The third-order valence-corrected chi connectivity index (χ3v) is 4.78. The van der Waals surface area contributed by atoms with E-state index in [1.165, 1.54) is 6.26 Å². The number of hydrogen-bond acceptors (Lipinski definition) is 6. The second-order valence-electron chi connectivity index (χ2n) is 6.68. The summed E-state index contributed by atoms with van der Waals surface area (Å²) < 4.78 is 16.4. The van der Waals surface area contributed by atoms with Crippen molar-refractivity contribution in [2.45, 2.75) is 13.0 Å². The van der Waals surface area contributed by atoms with Crippen molar-refractivity contribution in [3.8, 4) is 5.75 Å². The number of rotatable bonds is 9. The number of para-hydroxylation sites is 1. The quantitative estimate of drug-likeness (QED) is 0.590. The summed E-state index contributed by atoms with van der Waals surface area (Å²) in [6, 6.07) is 9.50. The number of amides is 2. The molecule has 0 bridgehead atoms. The van der Waals surface area contributed by atoms with Gasteiger partial charge in [-0.05, 0) is 38.2 Å². The number of urea groups is 1. The summed E-state index contributed by atoms with van der Waals surface area (Å²) in [5.74, 6) is 0.546. The Labute approximate surface area is 179 Å². The molecule has 0 saturated heterocycles. The Balaban J connectivity index is 1.73. The maximum atomic E-state index is 12.7. The van der Waals surface area contributed by atoms with Crippen LogP contribution in [0.3, 0.4) is 0 Å². The number of esters is 1. The first-order valence-corrected chi connectivity index (χ1v) is 9.94. The maximum absolute atomic E-state index is 12.7. The van der Waals surface area contributed by atoms with Crippen molar-refractivity contribution in [2.24, 2.45) is 0 Å². The van der Waals surface area contributed by atoms with Crippen molar-refractivity contribution in [2.75, 3.05) is 33.4 Å². The molecule has 1 aliphatic heterocycles. The molecule has 0 radical (unpaired) electrons. The van der Waals surface area contributed by atoms with E-state index in [0.717, 1.165) is 0 Å². The largest absolute Gasteiger partial charge is 0.491 e. The molecule has 2 heterocycles. The lowest BCUT2D eigenvalue weighted by Gasteiger charge is -2.30. The van der Waals surface area contributed by atoms with Gasteiger partial charge in [-0.2, -0.15) is 0 Å². The van der Waals surface area contributed by atoms with Crippen LogP contribution in [0, 0.1) is 0 Å². The van der Waals surface area contributed by atoms with Gasteiger partial charge in [-0.15, -0.1) is 0 Å². The Kier molecular flexibility index (Phi) is 7.37. The van der Waals surface area contributed by atoms with Crippen molar-refractivity contribution in [1.29, 1.82) is 0 Å². The van der Waals surface area contributed by atoms with Gasteiger partial charge < -0.3 is 24.5 Å². The Hall–Kier alpha value is -2.97. The molecule has 2 aromatic rings. The Morgan fingerprint density at radius 1 is 1.27 bits per heavy atom. The number of nitrogens with one attached hydrogen (secondary N) is 2. The van der Waals surface area contributed by atoms with Crippen LogP contribution in [0.1, 0.15) is 18.7 Å². The fourth-order valence-corrected chi connectivity index (χ4v) is 3.27. The lowest BCUT2D eigenvalue weighted by molar-refractivity contribution is -0.139. The SMILES string of the molecule is CCOC(=O)C1=C(CN(C)CCOc2ccccc2Cl)NC(=O)NC1c1ccco1. The third kappa shape index (κ3) is 5.34. The molecule has 1 aromatic carbocycles. The first-order chi connectivity index (χ1) is 14.5. The van der Waals surface area contributed by atoms with Crippen molar-refractivity contribution in [3.63, 3.8) is 0 Å². The van der Waals surface area contributed by atoms with Gasteiger partial charge in [0.05, 0.1) is 23.5 Å². The van der Waals surface area contributed by atoms with Gasteiger partial charge in [0.25, 0.3) is 0 Å². The van der Waals surface area contributed by atoms with Gasteiger partial charge in [0.2, 0.25) is 0 Å². The molecular formula is C21H24ClN3O5. The molecule has 1 atom stereocenters. The second kappa shape index (κ2) is 10.2. The molecule has 0 saturated carbocycles. The van der Waals surface area contributed by atoms with Gasteiger partial charge in [-0.25, -0.2) is 9.59 Å². The smallest absolute Gasteiger partial charge is 0.338 e. The van der Waals surface area contributed by atoms with Gasteiger partial charge in [0, 0.05) is 18.8 Å². The molecule has 9 heteroatoms. The van der Waals surface area contributed by atoms with E-state index in [1.807, 2.05) is 24.1 Å². The number of nitrogens with zero attached hydrogens (tertiary/aromatic N) is 1. The Morgan fingerprint density at radius 2 is 2.07 bits per heavy atom. The van der Waals surface area contributed by atoms with E-state index in [0.29, 0.717) is 47.5 Å². The third-order valence-electron chi connectivity index (χ3n) is 4.47. The number of halogens is 1. The van der Waals surface area contributed by atoms with E-state index < -0.39 is 18.0 Å². The van der Waals surface area contributed by atoms with Crippen molar-refractivity contribution >= 4 is 23.6 Å². The summed E-state index contributed by atoms with van der Waals surface area (Å²) in [6.45, 7) is 3.18. The fourth-order valence-electron chi connectivity index (χ4n) is 3.08. The lowest BCUT2D eigenvalue weighted by atomic mass is 10.00. The molecule has 2 N–H and O–H groups in total. The van der Waals surface area contributed by atoms with E-state index in [1.54, 1.807) is 31.2 Å². The molecule has 1 aliphatic rings. The van der Waals surface area contributed by atoms with Crippen LogP contribution in [-0.2, 0) is 9.53 Å². The summed E-state index contributed by atoms with van der Waals surface area (Å²) in [7, 11) is 1.86. The highest BCUT2D eigenvalue weighted by Gasteiger charge is 2.35. The number of likely N-dealkylation sites (N-methyl/N-ethyl adjacent to an activating group) is 1. The zero-order valence-electron chi connectivity index (χ0n) is 16.8. The topological polar surface area (TPSA) is 93.0 Å². The van der Waals surface area contributed by atoms with Crippen LogP contribution < -0.4 is 15.4 Å². The van der Waals surface area contributed by atoms with Gasteiger partial charge in [-0.3, -0.25) is 4.90 Å². The van der Waals surface area contributed by atoms with Crippen molar-refractivity contribution in [3.05, 3.63) is 64.7 Å². The summed E-state index contributed by atoms with van der Waals surface area (Å²) in [4.78, 5) is 26.8. The first-order valence-electron chi connectivity index (χ1n) is 9.56. The zero-order valence-corrected chi connectivity index (χ0v) is 17.6. The molecule has 0 spiro atoms. The number of carbonyl (C=O) groups excluding carboxylic acids is 2. The summed E-state index contributed by atoms with van der Waals surface area (Å²) in [5, 5.41) is 5.99. The standard InChI is InChI=1S/C21H24ClN3O5/c1-3-28-20(26)18-15(23-21(27)24-19(18)17-9-6-11-29-17)13-25(2)10-12-30-16-8-5-4-7-14(16)22/h4-9,11,19H,3,10,12-13H2,1-2H3,(H2,23,24,27). The van der Waals surface area contributed by atoms with Crippen molar-refractivity contribution < 1.29 is 23.5 Å². The predicted octanol–water partition coefficient (Wildman–Crippen LogP) is 3.11. The molecule has 30 heavy (non-hydrogen) atoms. The van der Waals surface area contributed by atoms with E-state index in [9.17, 15) is 9.59 Å². The molecule has 3 rings (SSSR count). The number of hydrogen-bond donors (Lipinski definition) is 2. The molecule has 160 valence electrons. The predicted molar refractivity (Wildman–Crippen MR) is 111 cm³/mol. The van der Waals surface area contributed by atoms with E-state index in [2.05, 4.69) is 10.6 Å².